The number of nitrogens with zero attached hydrogens (tertiary/aromatic N) is 1. The molecule has 0 aliphatic carbocycles. The molecule has 0 aromatic rings. The second-order valence-corrected chi connectivity index (χ2v) is 4.78. The van der Waals surface area contributed by atoms with Crippen LogP contribution in [0.15, 0.2) is 17.3 Å². The van der Waals surface area contributed by atoms with E-state index in [9.17, 15) is 0 Å². The van der Waals surface area contributed by atoms with E-state index in [0.717, 1.165) is 0 Å². The summed E-state index contributed by atoms with van der Waals surface area (Å²) in [5, 5.41) is -0.269. The zero-order valence-electron chi connectivity index (χ0n) is 8.76. The summed E-state index contributed by atoms with van der Waals surface area (Å²) in [6.45, 7) is 10.2. The molecule has 0 aromatic carbocycles. The van der Waals surface area contributed by atoms with Crippen molar-refractivity contribution in [3.63, 3.8) is 0 Å². The Kier molecular flexibility index (Phi) is 3.76. The lowest BCUT2D eigenvalue weighted by atomic mass is 9.73. The molecule has 2 heteroatoms. The Labute approximate surface area is 77.4 Å². The van der Waals surface area contributed by atoms with Crippen LogP contribution in [0.25, 0.3) is 0 Å². The molecular weight excluding hydrogens is 145 g/mol. The highest BCUT2D eigenvalue weighted by atomic mass is 14.7. The van der Waals surface area contributed by atoms with Gasteiger partial charge in [0.1, 0.15) is 0 Å². The van der Waals surface area contributed by atoms with Gasteiger partial charge in [0.2, 0.25) is 0 Å². The van der Waals surface area contributed by atoms with Crippen molar-refractivity contribution in [3.05, 3.63) is 12.3 Å². The SMILES string of the molecule is [B]C(C)(C)/C=C\N=CC(C)(C)C. The first-order valence-electron chi connectivity index (χ1n) is 4.22. The first kappa shape index (κ1) is 11.5. The quantitative estimate of drug-likeness (QED) is 0.438. The summed E-state index contributed by atoms with van der Waals surface area (Å²) in [6.07, 6.45) is 5.55. The van der Waals surface area contributed by atoms with Gasteiger partial charge in [-0.1, -0.05) is 46.0 Å². The van der Waals surface area contributed by atoms with Crippen molar-refractivity contribution < 1.29 is 0 Å². The molecule has 0 bridgehead atoms. The summed E-state index contributed by atoms with van der Waals surface area (Å²) in [6, 6.07) is 0. The minimum atomic E-state index is -0.269. The summed E-state index contributed by atoms with van der Waals surface area (Å²) >= 11 is 0. The lowest BCUT2D eigenvalue weighted by Crippen LogP contribution is -2.05. The van der Waals surface area contributed by atoms with Gasteiger partial charge in [-0.25, -0.2) is 0 Å². The van der Waals surface area contributed by atoms with E-state index >= 15 is 0 Å². The van der Waals surface area contributed by atoms with Crippen LogP contribution in [0.5, 0.6) is 0 Å². The van der Waals surface area contributed by atoms with Crippen molar-refractivity contribution >= 4 is 14.1 Å². The van der Waals surface area contributed by atoms with Crippen LogP contribution < -0.4 is 0 Å². The van der Waals surface area contributed by atoms with E-state index in [1.807, 2.05) is 26.1 Å². The van der Waals surface area contributed by atoms with Crippen LogP contribution in [0.1, 0.15) is 34.6 Å². The number of rotatable bonds is 2. The number of hydrogen-bond acceptors (Lipinski definition) is 1. The first-order chi connectivity index (χ1) is 5.21. The summed E-state index contributed by atoms with van der Waals surface area (Å²) in [5.41, 5.74) is 0.142. The fraction of sp³-hybridized carbons (Fsp3) is 0.700. The zero-order chi connectivity index (χ0) is 9.83. The van der Waals surface area contributed by atoms with E-state index in [1.165, 1.54) is 0 Å². The van der Waals surface area contributed by atoms with Crippen molar-refractivity contribution in [1.82, 2.24) is 0 Å². The smallest absolute Gasteiger partial charge is 0.0795 e. The number of hydrogen-bond donors (Lipinski definition) is 0. The Morgan fingerprint density at radius 2 is 1.58 bits per heavy atom. The van der Waals surface area contributed by atoms with E-state index in [4.69, 9.17) is 7.85 Å². The molecule has 0 unspecified atom stereocenters. The third-order valence-corrected chi connectivity index (χ3v) is 1.05. The average molecular weight is 163 g/mol. The molecule has 0 rings (SSSR count). The summed E-state index contributed by atoms with van der Waals surface area (Å²) in [5.74, 6) is 0. The van der Waals surface area contributed by atoms with Gasteiger partial charge in [0.15, 0.2) is 0 Å². The van der Waals surface area contributed by atoms with Crippen LogP contribution in [0.3, 0.4) is 0 Å². The van der Waals surface area contributed by atoms with Crippen LogP contribution in [-0.4, -0.2) is 14.1 Å². The molecule has 12 heavy (non-hydrogen) atoms. The van der Waals surface area contributed by atoms with Crippen LogP contribution in [0, 0.1) is 5.41 Å². The summed E-state index contributed by atoms with van der Waals surface area (Å²) in [4.78, 5) is 4.14. The molecule has 0 aliphatic rings. The fourth-order valence-corrected chi connectivity index (χ4v) is 0.502. The standard InChI is InChI=1S/C10H18BN/c1-9(2,3)8-12-7-6-10(4,5)11/h6-8H,1-5H3/b7-6-,12-8?. The Balaban J connectivity index is 4.00. The largest absolute Gasteiger partial charge is 0.269 e. The highest BCUT2D eigenvalue weighted by molar-refractivity contribution is 6.15. The van der Waals surface area contributed by atoms with E-state index < -0.39 is 0 Å². The second kappa shape index (κ2) is 3.93. The first-order valence-corrected chi connectivity index (χ1v) is 4.22. The molecule has 0 N–H and O–H groups in total. The van der Waals surface area contributed by atoms with Crippen molar-refractivity contribution in [2.45, 2.75) is 39.9 Å². The topological polar surface area (TPSA) is 12.4 Å². The highest BCUT2D eigenvalue weighted by Gasteiger charge is 2.04. The maximum atomic E-state index is 5.72. The second-order valence-electron chi connectivity index (χ2n) is 4.78. The van der Waals surface area contributed by atoms with Gasteiger partial charge >= 0.3 is 0 Å². The molecule has 0 fully saturated rings. The van der Waals surface area contributed by atoms with Crippen LogP contribution >= 0.6 is 0 Å². The maximum absolute atomic E-state index is 5.72. The van der Waals surface area contributed by atoms with Crippen LogP contribution in [0.4, 0.5) is 0 Å². The monoisotopic (exact) mass is 163 g/mol. The third-order valence-electron chi connectivity index (χ3n) is 1.05. The van der Waals surface area contributed by atoms with Crippen molar-refractivity contribution in [3.8, 4) is 0 Å². The van der Waals surface area contributed by atoms with Crippen molar-refractivity contribution in [1.29, 1.82) is 0 Å². The maximum Gasteiger partial charge on any atom is 0.0795 e. The van der Waals surface area contributed by atoms with Gasteiger partial charge in [0.25, 0.3) is 0 Å². The molecule has 0 atom stereocenters. The van der Waals surface area contributed by atoms with Crippen LogP contribution in [0.2, 0.25) is 5.31 Å². The van der Waals surface area contributed by atoms with E-state index in [2.05, 4.69) is 25.8 Å². The molecule has 2 radical (unpaired) electrons. The van der Waals surface area contributed by atoms with Gasteiger partial charge < -0.3 is 0 Å². The minimum absolute atomic E-state index is 0.142. The summed E-state index contributed by atoms with van der Waals surface area (Å²) < 4.78 is 0. The van der Waals surface area contributed by atoms with E-state index in [1.54, 1.807) is 6.20 Å². The van der Waals surface area contributed by atoms with Gasteiger partial charge in [-0.15, -0.1) is 0 Å². The molecule has 0 saturated carbocycles. The Hall–Kier alpha value is -0.525. The molecule has 66 valence electrons. The predicted molar refractivity (Wildman–Crippen MR) is 56.9 cm³/mol. The number of allylic oxidation sites excluding steroid dienone is 1. The van der Waals surface area contributed by atoms with Gasteiger partial charge in [-0.05, 0) is 5.41 Å². The molecule has 0 saturated heterocycles. The lowest BCUT2D eigenvalue weighted by Gasteiger charge is -2.11. The normalized spacial score (nSPS) is 14.8. The molecule has 0 spiro atoms. The molecule has 0 amide bonds. The van der Waals surface area contributed by atoms with Gasteiger partial charge in [0.05, 0.1) is 7.85 Å². The van der Waals surface area contributed by atoms with Crippen LogP contribution in [-0.2, 0) is 0 Å². The molecule has 0 aromatic heterocycles. The van der Waals surface area contributed by atoms with Crippen molar-refractivity contribution in [2.75, 3.05) is 0 Å². The molecule has 0 aliphatic heterocycles. The fourth-order valence-electron chi connectivity index (χ4n) is 0.502. The van der Waals surface area contributed by atoms with E-state index in [-0.39, 0.29) is 10.7 Å². The zero-order valence-corrected chi connectivity index (χ0v) is 8.76. The average Bonchev–Trinajstić information content (AvgIpc) is 1.76. The summed E-state index contributed by atoms with van der Waals surface area (Å²) in [7, 11) is 5.72. The minimum Gasteiger partial charge on any atom is -0.269 e. The predicted octanol–water partition coefficient (Wildman–Crippen LogP) is 2.98. The van der Waals surface area contributed by atoms with Gasteiger partial charge in [0, 0.05) is 12.4 Å². The van der Waals surface area contributed by atoms with Gasteiger partial charge in [-0.3, -0.25) is 4.99 Å². The molecule has 0 heterocycles. The Bertz CT molecular complexity index is 157. The van der Waals surface area contributed by atoms with Crippen molar-refractivity contribution in [2.24, 2.45) is 10.4 Å². The lowest BCUT2D eigenvalue weighted by molar-refractivity contribution is 0.607. The van der Waals surface area contributed by atoms with Gasteiger partial charge in [-0.2, -0.15) is 0 Å². The molecular formula is C10H18BN. The highest BCUT2D eigenvalue weighted by Crippen LogP contribution is 2.19. The third kappa shape index (κ3) is 9.47. The number of aliphatic imine (C=N–C) groups is 1. The van der Waals surface area contributed by atoms with E-state index in [0.29, 0.717) is 0 Å². The Morgan fingerprint density at radius 1 is 1.08 bits per heavy atom. The molecule has 1 nitrogen and oxygen atoms in total. The Morgan fingerprint density at radius 3 is 1.92 bits per heavy atom.